The number of methoxy groups -OCH3 is 1. The van der Waals surface area contributed by atoms with E-state index >= 15 is 0 Å². The Morgan fingerprint density at radius 1 is 1.40 bits per heavy atom. The number of aryl methyl sites for hydroxylation is 1. The van der Waals surface area contributed by atoms with Crippen LogP contribution in [-0.4, -0.2) is 52.9 Å². The molecule has 2 aliphatic rings. The first kappa shape index (κ1) is 22.0. The monoisotopic (exact) mass is 417 g/mol. The number of aromatic nitrogens is 2. The number of ether oxygens (including phenoxy) is 2. The van der Waals surface area contributed by atoms with Crippen LogP contribution >= 0.6 is 0 Å². The fraction of sp³-hybridized carbons (Fsp3) is 0.619. The SMILES string of the molecule is COCc1cc(C(=O)NC2=NCC([C@@H]3CC[C@@](C)(OC(=O)NC(C)C)C3)=C2)n(C)n1. The maximum absolute atomic E-state index is 12.6. The minimum Gasteiger partial charge on any atom is -0.443 e. The van der Waals surface area contributed by atoms with Crippen LogP contribution in [0.1, 0.15) is 56.2 Å². The van der Waals surface area contributed by atoms with Crippen molar-refractivity contribution in [2.75, 3.05) is 13.7 Å². The zero-order chi connectivity index (χ0) is 21.9. The molecule has 0 radical (unpaired) electrons. The normalized spacial score (nSPS) is 23.3. The van der Waals surface area contributed by atoms with Crippen LogP contribution < -0.4 is 10.6 Å². The molecule has 2 atom stereocenters. The molecule has 9 heteroatoms. The summed E-state index contributed by atoms with van der Waals surface area (Å²) < 4.78 is 12.3. The number of hydrogen-bond acceptors (Lipinski definition) is 6. The number of carbonyl (C=O) groups excluding carboxylic acids is 2. The maximum atomic E-state index is 12.6. The van der Waals surface area contributed by atoms with E-state index in [1.807, 2.05) is 26.8 Å². The lowest BCUT2D eigenvalue weighted by molar-refractivity contribution is 0.0271. The average molecular weight is 418 g/mol. The molecule has 1 aromatic rings. The molecule has 3 rings (SSSR count). The van der Waals surface area contributed by atoms with Crippen molar-refractivity contribution in [3.05, 3.63) is 29.1 Å². The number of hydrogen-bond donors (Lipinski definition) is 2. The molecule has 9 nitrogen and oxygen atoms in total. The van der Waals surface area contributed by atoms with Gasteiger partial charge in [-0.2, -0.15) is 5.10 Å². The highest BCUT2D eigenvalue weighted by Crippen LogP contribution is 2.41. The summed E-state index contributed by atoms with van der Waals surface area (Å²) >= 11 is 0. The van der Waals surface area contributed by atoms with Gasteiger partial charge in [-0.1, -0.05) is 0 Å². The molecule has 1 saturated carbocycles. The van der Waals surface area contributed by atoms with Gasteiger partial charge in [0, 0.05) is 20.2 Å². The Balaban J connectivity index is 1.57. The molecule has 0 unspecified atom stereocenters. The van der Waals surface area contributed by atoms with Gasteiger partial charge in [0.25, 0.3) is 5.91 Å². The molecule has 1 aliphatic heterocycles. The molecule has 0 saturated heterocycles. The molecule has 2 amide bonds. The largest absolute Gasteiger partial charge is 0.443 e. The first-order valence-corrected chi connectivity index (χ1v) is 10.3. The van der Waals surface area contributed by atoms with Crippen molar-refractivity contribution in [2.24, 2.45) is 18.0 Å². The number of alkyl carbamates (subject to hydrolysis) is 1. The Morgan fingerprint density at radius 2 is 2.17 bits per heavy atom. The molecule has 2 heterocycles. The van der Waals surface area contributed by atoms with Gasteiger partial charge in [-0.25, -0.2) is 4.79 Å². The van der Waals surface area contributed by atoms with Gasteiger partial charge in [-0.15, -0.1) is 0 Å². The van der Waals surface area contributed by atoms with E-state index in [9.17, 15) is 9.59 Å². The molecule has 164 valence electrons. The predicted molar refractivity (Wildman–Crippen MR) is 112 cm³/mol. The predicted octanol–water partition coefficient (Wildman–Crippen LogP) is 2.33. The number of carbonyl (C=O) groups is 2. The van der Waals surface area contributed by atoms with Crippen molar-refractivity contribution >= 4 is 17.8 Å². The minimum absolute atomic E-state index is 0.0421. The third kappa shape index (κ3) is 5.27. The quantitative estimate of drug-likeness (QED) is 0.739. The molecule has 2 N–H and O–H groups in total. The van der Waals surface area contributed by atoms with Gasteiger partial charge in [0.05, 0.1) is 18.8 Å². The molecular weight excluding hydrogens is 386 g/mol. The van der Waals surface area contributed by atoms with E-state index in [0.717, 1.165) is 24.8 Å². The highest BCUT2D eigenvalue weighted by molar-refractivity contribution is 6.10. The number of amides is 2. The average Bonchev–Trinajstić information content (AvgIpc) is 3.33. The van der Waals surface area contributed by atoms with Crippen LogP contribution in [0.15, 0.2) is 22.7 Å². The summed E-state index contributed by atoms with van der Waals surface area (Å²) in [6, 6.07) is 1.75. The highest BCUT2D eigenvalue weighted by atomic mass is 16.6. The summed E-state index contributed by atoms with van der Waals surface area (Å²) in [5.74, 6) is 0.579. The van der Waals surface area contributed by atoms with E-state index in [4.69, 9.17) is 9.47 Å². The Bertz CT molecular complexity index is 873. The van der Waals surface area contributed by atoms with Crippen molar-refractivity contribution in [3.8, 4) is 0 Å². The Hall–Kier alpha value is -2.68. The van der Waals surface area contributed by atoms with Crippen LogP contribution in [0.3, 0.4) is 0 Å². The Kier molecular flexibility index (Phi) is 6.60. The lowest BCUT2D eigenvalue weighted by Gasteiger charge is -2.25. The lowest BCUT2D eigenvalue weighted by Crippen LogP contribution is -2.38. The second-order valence-corrected chi connectivity index (χ2v) is 8.53. The maximum Gasteiger partial charge on any atom is 0.407 e. The van der Waals surface area contributed by atoms with E-state index < -0.39 is 5.60 Å². The van der Waals surface area contributed by atoms with Gasteiger partial charge in [0.1, 0.15) is 17.1 Å². The number of amidine groups is 1. The summed E-state index contributed by atoms with van der Waals surface area (Å²) in [6.45, 7) is 6.69. The summed E-state index contributed by atoms with van der Waals surface area (Å²) in [5, 5.41) is 9.89. The number of nitrogens with zero attached hydrogens (tertiary/aromatic N) is 3. The number of nitrogens with one attached hydrogen (secondary N) is 2. The standard InChI is InChI=1S/C21H31N5O4/c1-13(2)23-20(28)30-21(3)7-6-14(10-21)15-8-18(22-11-15)24-19(27)17-9-16(12-29-5)25-26(17)4/h8-9,13-14H,6-7,10-12H2,1-5H3,(H,23,28)(H,22,24,27)/t14-,21-/m1/s1. The first-order chi connectivity index (χ1) is 14.2. The summed E-state index contributed by atoms with van der Waals surface area (Å²) in [5.41, 5.74) is 1.82. The summed E-state index contributed by atoms with van der Waals surface area (Å²) in [6.07, 6.45) is 4.05. The van der Waals surface area contributed by atoms with Gasteiger partial charge in [-0.05, 0) is 63.7 Å². The van der Waals surface area contributed by atoms with Gasteiger partial charge >= 0.3 is 6.09 Å². The van der Waals surface area contributed by atoms with Gasteiger partial charge in [-0.3, -0.25) is 14.5 Å². The number of rotatable bonds is 6. The zero-order valence-corrected chi connectivity index (χ0v) is 18.3. The van der Waals surface area contributed by atoms with Crippen molar-refractivity contribution in [1.29, 1.82) is 0 Å². The van der Waals surface area contributed by atoms with Crippen LogP contribution in [-0.2, 0) is 23.1 Å². The van der Waals surface area contributed by atoms with Crippen LogP contribution in [0.4, 0.5) is 4.79 Å². The molecule has 30 heavy (non-hydrogen) atoms. The van der Waals surface area contributed by atoms with E-state index in [1.54, 1.807) is 20.2 Å². The zero-order valence-electron chi connectivity index (χ0n) is 18.3. The Labute approximate surface area is 176 Å². The second-order valence-electron chi connectivity index (χ2n) is 8.53. The lowest BCUT2D eigenvalue weighted by atomic mass is 9.95. The third-order valence-corrected chi connectivity index (χ3v) is 5.42. The highest BCUT2D eigenvalue weighted by Gasteiger charge is 2.40. The molecular formula is C21H31N5O4. The van der Waals surface area contributed by atoms with Crippen LogP contribution in [0, 0.1) is 5.92 Å². The molecule has 1 aliphatic carbocycles. The molecule has 1 aromatic heterocycles. The van der Waals surface area contributed by atoms with Gasteiger partial charge in [0.2, 0.25) is 0 Å². The number of aliphatic imine (C=N–C) groups is 1. The molecule has 0 bridgehead atoms. The fourth-order valence-corrected chi connectivity index (χ4v) is 4.01. The van der Waals surface area contributed by atoms with Crippen molar-refractivity contribution in [1.82, 2.24) is 20.4 Å². The van der Waals surface area contributed by atoms with E-state index in [1.165, 1.54) is 4.68 Å². The smallest absolute Gasteiger partial charge is 0.407 e. The van der Waals surface area contributed by atoms with E-state index in [2.05, 4.69) is 20.7 Å². The first-order valence-electron chi connectivity index (χ1n) is 10.3. The van der Waals surface area contributed by atoms with Crippen molar-refractivity contribution < 1.29 is 19.1 Å². The van der Waals surface area contributed by atoms with Crippen molar-refractivity contribution in [2.45, 2.75) is 58.3 Å². The fourth-order valence-electron chi connectivity index (χ4n) is 4.01. The molecule has 1 fully saturated rings. The van der Waals surface area contributed by atoms with E-state index in [-0.39, 0.29) is 24.0 Å². The van der Waals surface area contributed by atoms with Gasteiger partial charge in [0.15, 0.2) is 0 Å². The third-order valence-electron chi connectivity index (χ3n) is 5.42. The van der Waals surface area contributed by atoms with Gasteiger partial charge < -0.3 is 20.1 Å². The Morgan fingerprint density at radius 3 is 2.87 bits per heavy atom. The second kappa shape index (κ2) is 8.99. The minimum atomic E-state index is -0.483. The van der Waals surface area contributed by atoms with Crippen LogP contribution in [0.25, 0.3) is 0 Å². The molecule has 0 aromatic carbocycles. The van der Waals surface area contributed by atoms with Crippen LogP contribution in [0.5, 0.6) is 0 Å². The van der Waals surface area contributed by atoms with Crippen molar-refractivity contribution in [3.63, 3.8) is 0 Å². The molecule has 0 spiro atoms. The van der Waals surface area contributed by atoms with E-state index in [0.29, 0.717) is 30.4 Å². The summed E-state index contributed by atoms with van der Waals surface area (Å²) in [4.78, 5) is 29.0. The van der Waals surface area contributed by atoms with Crippen LogP contribution in [0.2, 0.25) is 0 Å². The topological polar surface area (TPSA) is 107 Å². The summed E-state index contributed by atoms with van der Waals surface area (Å²) in [7, 11) is 3.31.